The van der Waals surface area contributed by atoms with Gasteiger partial charge in [-0.25, -0.2) is 4.79 Å². The van der Waals surface area contributed by atoms with Crippen LogP contribution in [0.15, 0.2) is 47.7 Å². The Morgan fingerprint density at radius 2 is 2.05 bits per heavy atom. The van der Waals surface area contributed by atoms with E-state index >= 15 is 0 Å². The number of carbonyl (C=O) groups is 1. The summed E-state index contributed by atoms with van der Waals surface area (Å²) < 4.78 is 1.83. The molecule has 2 amide bonds. The molecule has 0 bridgehead atoms. The van der Waals surface area contributed by atoms with Gasteiger partial charge in [-0.15, -0.1) is 0 Å². The molecule has 1 aromatic carbocycles. The molecule has 2 heterocycles. The minimum atomic E-state index is -0.316. The maximum Gasteiger partial charge on any atom is 0.345 e. The molecular weight excluding hydrogens is 254 g/mol. The van der Waals surface area contributed by atoms with Gasteiger partial charge in [0.05, 0.1) is 12.7 Å². The summed E-state index contributed by atoms with van der Waals surface area (Å²) in [4.78, 5) is 16.8. The SMILES string of the molecule is CN1C(=O)N=C(N)C1c1cnn(Cc2ccccc2)c1. The Morgan fingerprint density at radius 3 is 2.70 bits per heavy atom. The van der Waals surface area contributed by atoms with Crippen LogP contribution in [0.3, 0.4) is 0 Å². The molecule has 1 unspecified atom stereocenters. The van der Waals surface area contributed by atoms with Crippen molar-refractivity contribution in [2.24, 2.45) is 10.7 Å². The highest BCUT2D eigenvalue weighted by Crippen LogP contribution is 2.24. The van der Waals surface area contributed by atoms with Crippen molar-refractivity contribution in [1.82, 2.24) is 14.7 Å². The van der Waals surface area contributed by atoms with Crippen molar-refractivity contribution in [3.8, 4) is 0 Å². The Bertz CT molecular complexity index is 661. The minimum absolute atomic E-state index is 0.313. The third kappa shape index (κ3) is 2.16. The fraction of sp³-hybridized carbons (Fsp3) is 0.214. The smallest absolute Gasteiger partial charge is 0.345 e. The second-order valence-corrected chi connectivity index (χ2v) is 4.79. The Balaban J connectivity index is 1.81. The van der Waals surface area contributed by atoms with E-state index in [0.29, 0.717) is 12.4 Å². The number of aromatic nitrogens is 2. The number of amidine groups is 1. The van der Waals surface area contributed by atoms with Crippen molar-refractivity contribution >= 4 is 11.9 Å². The average Bonchev–Trinajstić information content (AvgIpc) is 2.97. The Kier molecular flexibility index (Phi) is 2.98. The number of aliphatic imine (C=N–C) groups is 1. The predicted octanol–water partition coefficient (Wildman–Crippen LogP) is 1.40. The molecule has 0 saturated carbocycles. The van der Waals surface area contributed by atoms with Crippen LogP contribution < -0.4 is 5.73 Å². The molecule has 1 aromatic heterocycles. The number of amides is 2. The van der Waals surface area contributed by atoms with Gasteiger partial charge in [-0.3, -0.25) is 4.68 Å². The van der Waals surface area contributed by atoms with E-state index in [0.717, 1.165) is 5.56 Å². The average molecular weight is 269 g/mol. The normalized spacial score (nSPS) is 18.4. The predicted molar refractivity (Wildman–Crippen MR) is 75.3 cm³/mol. The van der Waals surface area contributed by atoms with Gasteiger partial charge in [0.15, 0.2) is 0 Å². The fourth-order valence-electron chi connectivity index (χ4n) is 2.33. The third-order valence-corrected chi connectivity index (χ3v) is 3.35. The van der Waals surface area contributed by atoms with Crippen molar-refractivity contribution < 1.29 is 4.79 Å². The van der Waals surface area contributed by atoms with Crippen molar-refractivity contribution in [3.63, 3.8) is 0 Å². The zero-order valence-corrected chi connectivity index (χ0v) is 11.1. The summed E-state index contributed by atoms with van der Waals surface area (Å²) in [5.41, 5.74) is 7.84. The van der Waals surface area contributed by atoms with Gasteiger partial charge in [0.2, 0.25) is 0 Å². The molecule has 1 aliphatic heterocycles. The van der Waals surface area contributed by atoms with Crippen LogP contribution >= 0.6 is 0 Å². The highest BCUT2D eigenvalue weighted by molar-refractivity contribution is 6.03. The maximum atomic E-state index is 11.5. The van der Waals surface area contributed by atoms with Gasteiger partial charge in [-0.2, -0.15) is 10.1 Å². The topological polar surface area (TPSA) is 76.5 Å². The zero-order chi connectivity index (χ0) is 14.1. The molecule has 0 saturated heterocycles. The molecule has 2 aromatic rings. The first kappa shape index (κ1) is 12.4. The van der Waals surface area contributed by atoms with Crippen LogP contribution in [0.4, 0.5) is 4.79 Å². The van der Waals surface area contributed by atoms with E-state index in [-0.39, 0.29) is 12.1 Å². The van der Waals surface area contributed by atoms with Gasteiger partial charge in [0.25, 0.3) is 0 Å². The van der Waals surface area contributed by atoms with Crippen LogP contribution in [0, 0.1) is 0 Å². The lowest BCUT2D eigenvalue weighted by Gasteiger charge is -2.17. The van der Waals surface area contributed by atoms with Crippen LogP contribution in [-0.4, -0.2) is 33.6 Å². The van der Waals surface area contributed by atoms with Crippen LogP contribution in [0.25, 0.3) is 0 Å². The minimum Gasteiger partial charge on any atom is -0.385 e. The Labute approximate surface area is 116 Å². The van der Waals surface area contributed by atoms with Crippen molar-refractivity contribution in [2.45, 2.75) is 12.6 Å². The number of benzene rings is 1. The molecule has 2 N–H and O–H groups in total. The Hall–Kier alpha value is -2.63. The molecule has 6 nitrogen and oxygen atoms in total. The highest BCUT2D eigenvalue weighted by atomic mass is 16.2. The molecule has 1 atom stereocenters. The van der Waals surface area contributed by atoms with Crippen LogP contribution in [0.2, 0.25) is 0 Å². The number of rotatable bonds is 3. The van der Waals surface area contributed by atoms with Gasteiger partial charge >= 0.3 is 6.03 Å². The first-order chi connectivity index (χ1) is 9.65. The van der Waals surface area contributed by atoms with Gasteiger partial charge in [0.1, 0.15) is 11.9 Å². The number of nitrogens with zero attached hydrogens (tertiary/aromatic N) is 4. The van der Waals surface area contributed by atoms with E-state index in [1.807, 2.05) is 41.2 Å². The van der Waals surface area contributed by atoms with E-state index in [4.69, 9.17) is 5.73 Å². The summed E-state index contributed by atoms with van der Waals surface area (Å²) in [5.74, 6) is 0.316. The molecule has 0 spiro atoms. The number of urea groups is 1. The molecule has 0 fully saturated rings. The fourth-order valence-corrected chi connectivity index (χ4v) is 2.33. The molecule has 6 heteroatoms. The van der Waals surface area contributed by atoms with Crippen LogP contribution in [0.5, 0.6) is 0 Å². The standard InChI is InChI=1S/C14H15N5O/c1-18-12(13(15)17-14(18)20)11-7-16-19(9-11)8-10-5-3-2-4-6-10/h2-7,9,12H,8H2,1H3,(H2,15,17,20). The van der Waals surface area contributed by atoms with Crippen molar-refractivity contribution in [3.05, 3.63) is 53.9 Å². The number of hydrogen-bond donors (Lipinski definition) is 1. The first-order valence-electron chi connectivity index (χ1n) is 6.32. The van der Waals surface area contributed by atoms with E-state index in [2.05, 4.69) is 10.1 Å². The summed E-state index contributed by atoms with van der Waals surface area (Å²) >= 11 is 0. The van der Waals surface area contributed by atoms with Crippen molar-refractivity contribution in [1.29, 1.82) is 0 Å². The van der Waals surface area contributed by atoms with E-state index in [1.54, 1.807) is 13.2 Å². The van der Waals surface area contributed by atoms with Crippen LogP contribution in [0.1, 0.15) is 17.2 Å². The molecule has 0 radical (unpaired) electrons. The van der Waals surface area contributed by atoms with Crippen molar-refractivity contribution in [2.75, 3.05) is 7.05 Å². The lowest BCUT2D eigenvalue weighted by atomic mass is 10.1. The van der Waals surface area contributed by atoms with Gasteiger partial charge < -0.3 is 10.6 Å². The lowest BCUT2D eigenvalue weighted by molar-refractivity contribution is 0.218. The van der Waals surface area contributed by atoms with Gasteiger partial charge in [0, 0.05) is 18.8 Å². The quantitative estimate of drug-likeness (QED) is 0.914. The molecule has 20 heavy (non-hydrogen) atoms. The van der Waals surface area contributed by atoms with E-state index in [1.165, 1.54) is 10.5 Å². The first-order valence-corrected chi connectivity index (χ1v) is 6.32. The molecule has 102 valence electrons. The zero-order valence-electron chi connectivity index (χ0n) is 11.1. The maximum absolute atomic E-state index is 11.5. The summed E-state index contributed by atoms with van der Waals surface area (Å²) in [5, 5.41) is 4.32. The monoisotopic (exact) mass is 269 g/mol. The summed E-state index contributed by atoms with van der Waals surface area (Å²) in [6.45, 7) is 0.683. The Morgan fingerprint density at radius 1 is 1.30 bits per heavy atom. The van der Waals surface area contributed by atoms with Crippen LogP contribution in [-0.2, 0) is 6.54 Å². The summed E-state index contributed by atoms with van der Waals surface area (Å²) in [6.07, 6.45) is 3.63. The van der Waals surface area contributed by atoms with E-state index in [9.17, 15) is 4.79 Å². The number of carbonyl (C=O) groups excluding carboxylic acids is 1. The molecular formula is C14H15N5O. The highest BCUT2D eigenvalue weighted by Gasteiger charge is 2.32. The number of likely N-dealkylation sites (N-methyl/N-ethyl adjacent to an activating group) is 1. The van der Waals surface area contributed by atoms with Gasteiger partial charge in [-0.05, 0) is 5.56 Å². The number of nitrogens with two attached hydrogens (primary N) is 1. The second kappa shape index (κ2) is 4.80. The van der Waals surface area contributed by atoms with Gasteiger partial charge in [-0.1, -0.05) is 30.3 Å². The number of hydrogen-bond acceptors (Lipinski definition) is 3. The molecule has 0 aliphatic carbocycles. The molecule has 3 rings (SSSR count). The summed E-state index contributed by atoms with van der Waals surface area (Å²) in [7, 11) is 1.69. The second-order valence-electron chi connectivity index (χ2n) is 4.79. The molecule has 1 aliphatic rings. The largest absolute Gasteiger partial charge is 0.385 e. The lowest BCUT2D eigenvalue weighted by Crippen LogP contribution is -2.29. The third-order valence-electron chi connectivity index (χ3n) is 3.35. The summed E-state index contributed by atoms with van der Waals surface area (Å²) in [6, 6.07) is 9.43. The van der Waals surface area contributed by atoms with E-state index < -0.39 is 0 Å².